The Morgan fingerprint density at radius 2 is 1.85 bits per heavy atom. The van der Waals surface area contributed by atoms with E-state index in [1.54, 1.807) is 12.1 Å². The van der Waals surface area contributed by atoms with E-state index in [9.17, 15) is 19.7 Å². The Labute approximate surface area is 149 Å². The van der Waals surface area contributed by atoms with Crippen LogP contribution in [0.4, 0.5) is 11.4 Å². The first kappa shape index (κ1) is 18.9. The molecular weight excluding hydrogens is 340 g/mol. The van der Waals surface area contributed by atoms with Crippen LogP contribution in [0.15, 0.2) is 42.5 Å². The summed E-state index contributed by atoms with van der Waals surface area (Å²) in [5.74, 6) is -0.839. The number of esters is 1. The summed E-state index contributed by atoms with van der Waals surface area (Å²) in [6.45, 7) is 2.84. The highest BCUT2D eigenvalue weighted by Gasteiger charge is 2.16. The zero-order valence-corrected chi connectivity index (χ0v) is 14.4. The predicted molar refractivity (Wildman–Crippen MR) is 94.1 cm³/mol. The normalized spacial score (nSPS) is 10.1. The molecule has 1 amide bonds. The van der Waals surface area contributed by atoms with Crippen molar-refractivity contribution < 1.29 is 24.0 Å². The smallest absolute Gasteiger partial charge is 0.344 e. The minimum atomic E-state index is -0.719. The number of hydrogen-bond donors (Lipinski definition) is 1. The molecule has 2 rings (SSSR count). The van der Waals surface area contributed by atoms with Crippen LogP contribution in [-0.4, -0.2) is 30.0 Å². The van der Waals surface area contributed by atoms with Crippen molar-refractivity contribution in [3.8, 4) is 5.75 Å². The minimum absolute atomic E-state index is 0.0326. The fourth-order valence-electron chi connectivity index (χ4n) is 2.11. The van der Waals surface area contributed by atoms with Gasteiger partial charge in [-0.1, -0.05) is 24.3 Å². The third kappa shape index (κ3) is 5.30. The van der Waals surface area contributed by atoms with Crippen molar-refractivity contribution in [1.29, 1.82) is 0 Å². The number of carbonyl (C=O) groups is 2. The molecule has 0 saturated heterocycles. The molecule has 0 heterocycles. The second-order valence-corrected chi connectivity index (χ2v) is 5.54. The lowest BCUT2D eigenvalue weighted by Crippen LogP contribution is -2.24. The first-order valence-electron chi connectivity index (χ1n) is 7.76. The lowest BCUT2D eigenvalue weighted by atomic mass is 10.1. The number of anilines is 1. The SMILES string of the molecule is Cc1ccc(C)c(OCC(=O)OCC(=O)Nc2ccccc2[N+](=O)[O-])c1. The summed E-state index contributed by atoms with van der Waals surface area (Å²) in [4.78, 5) is 33.8. The summed E-state index contributed by atoms with van der Waals surface area (Å²) in [6, 6.07) is 11.3. The Bertz CT molecular complexity index is 834. The van der Waals surface area contributed by atoms with Gasteiger partial charge in [-0.3, -0.25) is 14.9 Å². The van der Waals surface area contributed by atoms with Gasteiger partial charge in [0.25, 0.3) is 11.6 Å². The molecule has 0 fully saturated rings. The zero-order valence-electron chi connectivity index (χ0n) is 14.4. The van der Waals surface area contributed by atoms with Gasteiger partial charge >= 0.3 is 5.97 Å². The molecular formula is C18H18N2O6. The monoisotopic (exact) mass is 358 g/mol. The third-order valence-corrected chi connectivity index (χ3v) is 3.43. The lowest BCUT2D eigenvalue weighted by molar-refractivity contribution is -0.383. The number of nitro benzene ring substituents is 1. The fourth-order valence-corrected chi connectivity index (χ4v) is 2.11. The van der Waals surface area contributed by atoms with E-state index in [1.165, 1.54) is 18.2 Å². The quantitative estimate of drug-likeness (QED) is 0.463. The number of ether oxygens (including phenoxy) is 2. The number of para-hydroxylation sites is 2. The summed E-state index contributed by atoms with van der Waals surface area (Å²) >= 11 is 0. The number of hydrogen-bond acceptors (Lipinski definition) is 6. The van der Waals surface area contributed by atoms with Crippen molar-refractivity contribution in [2.45, 2.75) is 13.8 Å². The van der Waals surface area contributed by atoms with Gasteiger partial charge in [0.1, 0.15) is 11.4 Å². The van der Waals surface area contributed by atoms with Crippen LogP contribution in [0.25, 0.3) is 0 Å². The number of amides is 1. The number of nitrogens with zero attached hydrogens (tertiary/aromatic N) is 1. The lowest BCUT2D eigenvalue weighted by Gasteiger charge is -2.10. The molecule has 0 aromatic heterocycles. The Morgan fingerprint density at radius 1 is 1.12 bits per heavy atom. The summed E-state index contributed by atoms with van der Waals surface area (Å²) in [5, 5.41) is 13.2. The van der Waals surface area contributed by atoms with Gasteiger partial charge in [-0.15, -0.1) is 0 Å². The van der Waals surface area contributed by atoms with Crippen LogP contribution in [0, 0.1) is 24.0 Å². The predicted octanol–water partition coefficient (Wildman–Crippen LogP) is 2.77. The molecule has 0 aliphatic rings. The van der Waals surface area contributed by atoms with E-state index in [4.69, 9.17) is 9.47 Å². The number of carbonyl (C=O) groups excluding carboxylic acids is 2. The van der Waals surface area contributed by atoms with E-state index in [0.717, 1.165) is 11.1 Å². The number of nitrogens with one attached hydrogen (secondary N) is 1. The maximum atomic E-state index is 11.8. The number of nitro groups is 1. The molecule has 8 heteroatoms. The van der Waals surface area contributed by atoms with Gasteiger partial charge < -0.3 is 14.8 Å². The van der Waals surface area contributed by atoms with Crippen molar-refractivity contribution in [1.82, 2.24) is 0 Å². The molecule has 0 spiro atoms. The summed E-state index contributed by atoms with van der Waals surface area (Å²) in [7, 11) is 0. The molecule has 0 unspecified atom stereocenters. The molecule has 136 valence electrons. The standard InChI is InChI=1S/C18H18N2O6/c1-12-7-8-13(2)16(9-12)25-11-18(22)26-10-17(21)19-14-5-3-4-6-15(14)20(23)24/h3-9H,10-11H2,1-2H3,(H,19,21). The van der Waals surface area contributed by atoms with Crippen LogP contribution in [0.2, 0.25) is 0 Å². The molecule has 0 radical (unpaired) electrons. The molecule has 0 atom stereocenters. The highest BCUT2D eigenvalue weighted by Crippen LogP contribution is 2.23. The Morgan fingerprint density at radius 3 is 2.58 bits per heavy atom. The van der Waals surface area contributed by atoms with Gasteiger partial charge in [-0.05, 0) is 37.1 Å². The Hall–Kier alpha value is -3.42. The van der Waals surface area contributed by atoms with Gasteiger partial charge in [0.2, 0.25) is 0 Å². The van der Waals surface area contributed by atoms with Crippen LogP contribution in [-0.2, 0) is 14.3 Å². The van der Waals surface area contributed by atoms with Gasteiger partial charge in [0.05, 0.1) is 4.92 Å². The summed E-state index contributed by atoms with van der Waals surface area (Å²) < 4.78 is 10.2. The molecule has 0 aliphatic carbocycles. The topological polar surface area (TPSA) is 108 Å². The largest absolute Gasteiger partial charge is 0.482 e. The minimum Gasteiger partial charge on any atom is -0.482 e. The van der Waals surface area contributed by atoms with Gasteiger partial charge in [-0.2, -0.15) is 0 Å². The number of benzene rings is 2. The highest BCUT2D eigenvalue weighted by molar-refractivity contribution is 5.94. The second kappa shape index (κ2) is 8.61. The van der Waals surface area contributed by atoms with Crippen molar-refractivity contribution in [2.75, 3.05) is 18.5 Å². The molecule has 8 nitrogen and oxygen atoms in total. The average molecular weight is 358 g/mol. The average Bonchev–Trinajstić information content (AvgIpc) is 2.61. The number of aryl methyl sites for hydroxylation is 2. The van der Waals surface area contributed by atoms with Gasteiger partial charge in [0, 0.05) is 6.07 Å². The zero-order chi connectivity index (χ0) is 19.1. The van der Waals surface area contributed by atoms with E-state index in [-0.39, 0.29) is 18.0 Å². The van der Waals surface area contributed by atoms with Crippen LogP contribution in [0.1, 0.15) is 11.1 Å². The van der Waals surface area contributed by atoms with Crippen molar-refractivity contribution in [3.63, 3.8) is 0 Å². The third-order valence-electron chi connectivity index (χ3n) is 3.43. The van der Waals surface area contributed by atoms with E-state index < -0.39 is 23.4 Å². The molecule has 0 saturated carbocycles. The maximum Gasteiger partial charge on any atom is 0.344 e. The van der Waals surface area contributed by atoms with Crippen molar-refractivity contribution >= 4 is 23.3 Å². The summed E-state index contributed by atoms with van der Waals surface area (Å²) in [5.41, 5.74) is 1.65. The first-order chi connectivity index (χ1) is 12.4. The first-order valence-corrected chi connectivity index (χ1v) is 7.76. The van der Waals surface area contributed by atoms with Crippen LogP contribution in [0.3, 0.4) is 0 Å². The Balaban J connectivity index is 1.83. The Kier molecular flexibility index (Phi) is 6.26. The van der Waals surface area contributed by atoms with Crippen molar-refractivity contribution in [3.05, 3.63) is 63.7 Å². The molecule has 2 aromatic rings. The van der Waals surface area contributed by atoms with E-state index in [1.807, 2.05) is 26.0 Å². The van der Waals surface area contributed by atoms with Gasteiger partial charge in [-0.25, -0.2) is 4.79 Å². The summed E-state index contributed by atoms with van der Waals surface area (Å²) in [6.07, 6.45) is 0. The maximum absolute atomic E-state index is 11.8. The van der Waals surface area contributed by atoms with Crippen molar-refractivity contribution in [2.24, 2.45) is 0 Å². The van der Waals surface area contributed by atoms with E-state index in [0.29, 0.717) is 5.75 Å². The van der Waals surface area contributed by atoms with E-state index >= 15 is 0 Å². The molecule has 2 aromatic carbocycles. The second-order valence-electron chi connectivity index (χ2n) is 5.54. The molecule has 0 aliphatic heterocycles. The molecule has 0 bridgehead atoms. The van der Waals surface area contributed by atoms with Crippen LogP contribution < -0.4 is 10.1 Å². The fraction of sp³-hybridized carbons (Fsp3) is 0.222. The number of rotatable bonds is 7. The molecule has 1 N–H and O–H groups in total. The van der Waals surface area contributed by atoms with Crippen LogP contribution >= 0.6 is 0 Å². The highest BCUT2D eigenvalue weighted by atomic mass is 16.6. The van der Waals surface area contributed by atoms with E-state index in [2.05, 4.69) is 5.32 Å². The van der Waals surface area contributed by atoms with Crippen LogP contribution in [0.5, 0.6) is 5.75 Å². The van der Waals surface area contributed by atoms with Gasteiger partial charge in [0.15, 0.2) is 13.2 Å². The molecule has 26 heavy (non-hydrogen) atoms.